The van der Waals surface area contributed by atoms with Crippen LogP contribution < -0.4 is 5.73 Å². The van der Waals surface area contributed by atoms with E-state index in [1.54, 1.807) is 0 Å². The van der Waals surface area contributed by atoms with E-state index in [1.807, 2.05) is 36.4 Å². The van der Waals surface area contributed by atoms with Crippen molar-refractivity contribution in [3.8, 4) is 11.8 Å². The molecule has 0 unspecified atom stereocenters. The van der Waals surface area contributed by atoms with Gasteiger partial charge in [-0.3, -0.25) is 4.90 Å². The third-order valence-corrected chi connectivity index (χ3v) is 5.27. The molecule has 25 heavy (non-hydrogen) atoms. The standard InChI is InChI=1S/C22H25ClN2/c1-25(20-10-6-3-7-11-20)16-19-14-18(15-21(23)22(19)24)13-12-17-8-4-2-5-9-17/h2,4-5,8-9,14-15,20H,3,6-7,10-11,16,24H2,1H3. The van der Waals surface area contributed by atoms with Crippen LogP contribution in [-0.4, -0.2) is 18.0 Å². The molecule has 2 nitrogen and oxygen atoms in total. The van der Waals surface area contributed by atoms with Crippen molar-refractivity contribution in [1.82, 2.24) is 4.90 Å². The minimum absolute atomic E-state index is 0.590. The highest BCUT2D eigenvalue weighted by atomic mass is 35.5. The monoisotopic (exact) mass is 352 g/mol. The fourth-order valence-corrected chi connectivity index (χ4v) is 3.70. The van der Waals surface area contributed by atoms with Crippen LogP contribution in [0.4, 0.5) is 5.69 Å². The van der Waals surface area contributed by atoms with E-state index in [9.17, 15) is 0 Å². The van der Waals surface area contributed by atoms with E-state index in [0.29, 0.717) is 16.8 Å². The molecular formula is C22H25ClN2. The van der Waals surface area contributed by atoms with Gasteiger partial charge in [-0.25, -0.2) is 0 Å². The van der Waals surface area contributed by atoms with Gasteiger partial charge >= 0.3 is 0 Å². The zero-order valence-corrected chi connectivity index (χ0v) is 15.5. The van der Waals surface area contributed by atoms with Crippen molar-refractivity contribution in [2.75, 3.05) is 12.8 Å². The van der Waals surface area contributed by atoms with Gasteiger partial charge in [-0.05, 0) is 49.7 Å². The summed E-state index contributed by atoms with van der Waals surface area (Å²) in [5.41, 5.74) is 9.88. The molecule has 0 spiro atoms. The summed E-state index contributed by atoms with van der Waals surface area (Å²) in [4.78, 5) is 2.41. The van der Waals surface area contributed by atoms with Crippen LogP contribution in [0, 0.1) is 11.8 Å². The first-order chi connectivity index (χ1) is 12.1. The van der Waals surface area contributed by atoms with Gasteiger partial charge in [-0.1, -0.05) is 60.9 Å². The molecule has 0 heterocycles. The molecule has 0 bridgehead atoms. The minimum atomic E-state index is 0.590. The first kappa shape index (κ1) is 17.9. The zero-order valence-electron chi connectivity index (χ0n) is 14.8. The van der Waals surface area contributed by atoms with Gasteiger partial charge in [0.1, 0.15) is 0 Å². The lowest BCUT2D eigenvalue weighted by Crippen LogP contribution is -2.33. The van der Waals surface area contributed by atoms with Crippen LogP contribution in [0.15, 0.2) is 42.5 Å². The van der Waals surface area contributed by atoms with Crippen molar-refractivity contribution in [3.05, 3.63) is 64.2 Å². The van der Waals surface area contributed by atoms with Gasteiger partial charge in [-0.2, -0.15) is 0 Å². The first-order valence-electron chi connectivity index (χ1n) is 8.98. The number of anilines is 1. The molecule has 3 rings (SSSR count). The van der Waals surface area contributed by atoms with Crippen molar-refractivity contribution >= 4 is 17.3 Å². The predicted molar refractivity (Wildman–Crippen MR) is 107 cm³/mol. The Morgan fingerprint density at radius 1 is 1.04 bits per heavy atom. The van der Waals surface area contributed by atoms with Crippen LogP contribution in [-0.2, 0) is 6.54 Å². The Balaban J connectivity index is 1.79. The smallest absolute Gasteiger partial charge is 0.0651 e. The van der Waals surface area contributed by atoms with E-state index < -0.39 is 0 Å². The molecule has 0 amide bonds. The topological polar surface area (TPSA) is 29.3 Å². The van der Waals surface area contributed by atoms with Gasteiger partial charge in [0.15, 0.2) is 0 Å². The number of rotatable bonds is 3. The van der Waals surface area contributed by atoms with Gasteiger partial charge in [0.2, 0.25) is 0 Å². The fourth-order valence-electron chi connectivity index (χ4n) is 3.46. The average molecular weight is 353 g/mol. The fraction of sp³-hybridized carbons (Fsp3) is 0.364. The summed E-state index contributed by atoms with van der Waals surface area (Å²) in [6.45, 7) is 0.817. The lowest BCUT2D eigenvalue weighted by molar-refractivity contribution is 0.185. The molecule has 2 N–H and O–H groups in total. The lowest BCUT2D eigenvalue weighted by Gasteiger charge is -2.31. The normalized spacial score (nSPS) is 15.0. The largest absolute Gasteiger partial charge is 0.397 e. The van der Waals surface area contributed by atoms with Crippen molar-refractivity contribution in [2.24, 2.45) is 0 Å². The lowest BCUT2D eigenvalue weighted by atomic mass is 9.94. The maximum absolute atomic E-state index is 6.36. The van der Waals surface area contributed by atoms with Crippen LogP contribution >= 0.6 is 11.6 Å². The minimum Gasteiger partial charge on any atom is -0.397 e. The van der Waals surface area contributed by atoms with E-state index >= 15 is 0 Å². The average Bonchev–Trinajstić information content (AvgIpc) is 2.65. The molecule has 0 aliphatic heterocycles. The Bertz CT molecular complexity index is 768. The number of halogens is 1. The molecule has 2 aromatic carbocycles. The van der Waals surface area contributed by atoms with Crippen molar-refractivity contribution < 1.29 is 0 Å². The highest BCUT2D eigenvalue weighted by Crippen LogP contribution is 2.28. The second-order valence-electron chi connectivity index (χ2n) is 6.85. The van der Waals surface area contributed by atoms with Crippen molar-refractivity contribution in [3.63, 3.8) is 0 Å². The van der Waals surface area contributed by atoms with Crippen LogP contribution in [0.3, 0.4) is 0 Å². The van der Waals surface area contributed by atoms with Crippen molar-refractivity contribution in [1.29, 1.82) is 0 Å². The second kappa shape index (κ2) is 8.43. The summed E-state index contributed by atoms with van der Waals surface area (Å²) >= 11 is 6.36. The number of nitrogens with zero attached hydrogens (tertiary/aromatic N) is 1. The number of hydrogen-bond acceptors (Lipinski definition) is 2. The summed E-state index contributed by atoms with van der Waals surface area (Å²) in [6, 6.07) is 14.6. The molecule has 1 aliphatic carbocycles. The Labute approximate surface area is 156 Å². The maximum Gasteiger partial charge on any atom is 0.0651 e. The number of nitrogens with two attached hydrogens (primary N) is 1. The molecule has 0 saturated heterocycles. The molecule has 0 atom stereocenters. The van der Waals surface area contributed by atoms with Gasteiger partial charge in [0.05, 0.1) is 10.7 Å². The number of nitrogen functional groups attached to an aromatic ring is 1. The summed E-state index contributed by atoms with van der Waals surface area (Å²) in [5, 5.41) is 0.590. The van der Waals surface area contributed by atoms with Crippen LogP contribution in [0.5, 0.6) is 0 Å². The SMILES string of the molecule is CN(Cc1cc(C#Cc2ccccc2)cc(Cl)c1N)C1CCCCC1. The summed E-state index contributed by atoms with van der Waals surface area (Å²) in [7, 11) is 2.19. The number of benzene rings is 2. The van der Waals surface area contributed by atoms with Gasteiger partial charge in [0.25, 0.3) is 0 Å². The van der Waals surface area contributed by atoms with E-state index in [4.69, 9.17) is 17.3 Å². The van der Waals surface area contributed by atoms with Crippen LogP contribution in [0.2, 0.25) is 5.02 Å². The van der Waals surface area contributed by atoms with E-state index in [1.165, 1.54) is 32.1 Å². The molecule has 1 saturated carbocycles. The highest BCUT2D eigenvalue weighted by Gasteiger charge is 2.19. The Morgan fingerprint density at radius 2 is 1.72 bits per heavy atom. The molecule has 1 fully saturated rings. The summed E-state index contributed by atoms with van der Waals surface area (Å²) in [5.74, 6) is 6.40. The van der Waals surface area contributed by atoms with Gasteiger partial charge in [0, 0.05) is 23.7 Å². The molecule has 130 valence electrons. The predicted octanol–water partition coefficient (Wildman–Crippen LogP) is 5.09. The van der Waals surface area contributed by atoms with Crippen molar-refractivity contribution in [2.45, 2.75) is 44.7 Å². The third-order valence-electron chi connectivity index (χ3n) is 4.96. The quantitative estimate of drug-likeness (QED) is 0.616. The number of hydrogen-bond donors (Lipinski definition) is 1. The Kier molecular flexibility index (Phi) is 6.02. The van der Waals surface area contributed by atoms with E-state index in [2.05, 4.69) is 29.9 Å². The van der Waals surface area contributed by atoms with Gasteiger partial charge < -0.3 is 5.73 Å². The van der Waals surface area contributed by atoms with Crippen LogP contribution in [0.1, 0.15) is 48.8 Å². The maximum atomic E-state index is 6.36. The van der Waals surface area contributed by atoms with Crippen LogP contribution in [0.25, 0.3) is 0 Å². The van der Waals surface area contributed by atoms with Gasteiger partial charge in [-0.15, -0.1) is 0 Å². The third kappa shape index (κ3) is 4.78. The molecule has 1 aliphatic rings. The molecule has 0 radical (unpaired) electrons. The molecule has 3 heteroatoms. The summed E-state index contributed by atoms with van der Waals surface area (Å²) in [6.07, 6.45) is 6.57. The Hall–Kier alpha value is -1.95. The first-order valence-corrected chi connectivity index (χ1v) is 9.36. The van der Waals surface area contributed by atoms with E-state index in [-0.39, 0.29) is 0 Å². The van der Waals surface area contributed by atoms with E-state index in [0.717, 1.165) is 23.2 Å². The highest BCUT2D eigenvalue weighted by molar-refractivity contribution is 6.33. The second-order valence-corrected chi connectivity index (χ2v) is 7.26. The molecular weight excluding hydrogens is 328 g/mol. The zero-order chi connectivity index (χ0) is 17.6. The molecule has 0 aromatic heterocycles. The summed E-state index contributed by atoms with van der Waals surface area (Å²) < 4.78 is 0. The Morgan fingerprint density at radius 3 is 2.44 bits per heavy atom. The molecule has 2 aromatic rings.